The van der Waals surface area contributed by atoms with Gasteiger partial charge in [-0.15, -0.1) is 0 Å². The summed E-state index contributed by atoms with van der Waals surface area (Å²) in [5.74, 6) is 4.63. The monoisotopic (exact) mass is 326 g/mol. The molecule has 3 rings (SSSR count). The van der Waals surface area contributed by atoms with Gasteiger partial charge in [0.25, 0.3) is 0 Å². The minimum Gasteiger partial charge on any atom is -0.0651 e. The van der Waals surface area contributed by atoms with Crippen molar-refractivity contribution in [3.8, 4) is 0 Å². The molecular weight excluding hydrogens is 288 g/mol. The third kappa shape index (κ3) is 4.64. The molecule has 2 saturated carbocycles. The molecule has 0 radical (unpaired) electrons. The van der Waals surface area contributed by atoms with Gasteiger partial charge in [0.15, 0.2) is 0 Å². The van der Waals surface area contributed by atoms with Crippen molar-refractivity contribution in [2.45, 2.75) is 90.4 Å². The Balaban J connectivity index is 1.70. The molecule has 134 valence electrons. The SMILES string of the molecule is CCC(C)C(CC1CCCCC1)CC(c1ccccc1)C1CCC1. The zero-order valence-electron chi connectivity index (χ0n) is 16.1. The van der Waals surface area contributed by atoms with Crippen LogP contribution in [0.1, 0.15) is 96.0 Å². The van der Waals surface area contributed by atoms with Crippen LogP contribution in [0.25, 0.3) is 0 Å². The summed E-state index contributed by atoms with van der Waals surface area (Å²) in [4.78, 5) is 0. The van der Waals surface area contributed by atoms with Crippen LogP contribution in [0.15, 0.2) is 30.3 Å². The highest BCUT2D eigenvalue weighted by Gasteiger charge is 2.32. The molecule has 0 nitrogen and oxygen atoms in total. The van der Waals surface area contributed by atoms with Crippen LogP contribution in [0.5, 0.6) is 0 Å². The molecule has 1 aromatic rings. The van der Waals surface area contributed by atoms with Gasteiger partial charge in [-0.05, 0) is 60.8 Å². The Kier molecular flexibility index (Phi) is 6.81. The average Bonchev–Trinajstić information content (AvgIpc) is 2.60. The van der Waals surface area contributed by atoms with Gasteiger partial charge in [0.1, 0.15) is 0 Å². The van der Waals surface area contributed by atoms with Crippen molar-refractivity contribution in [3.05, 3.63) is 35.9 Å². The van der Waals surface area contributed by atoms with Gasteiger partial charge in [-0.1, -0.05) is 89.1 Å². The molecule has 1 aromatic carbocycles. The van der Waals surface area contributed by atoms with Crippen LogP contribution in [0, 0.1) is 23.7 Å². The zero-order valence-corrected chi connectivity index (χ0v) is 16.1. The van der Waals surface area contributed by atoms with Crippen molar-refractivity contribution in [2.75, 3.05) is 0 Å². The van der Waals surface area contributed by atoms with Gasteiger partial charge in [0, 0.05) is 0 Å². The summed E-state index contributed by atoms with van der Waals surface area (Å²) in [7, 11) is 0. The molecule has 0 aliphatic heterocycles. The highest BCUT2D eigenvalue weighted by atomic mass is 14.4. The predicted molar refractivity (Wildman–Crippen MR) is 105 cm³/mol. The summed E-state index contributed by atoms with van der Waals surface area (Å²) in [5, 5.41) is 0. The van der Waals surface area contributed by atoms with E-state index in [1.54, 1.807) is 5.56 Å². The molecule has 24 heavy (non-hydrogen) atoms. The first-order chi connectivity index (χ1) is 11.8. The molecule has 0 bridgehead atoms. The lowest BCUT2D eigenvalue weighted by Crippen LogP contribution is -2.26. The molecule has 3 unspecified atom stereocenters. The molecule has 0 heterocycles. The second-order valence-electron chi connectivity index (χ2n) is 8.83. The number of hydrogen-bond acceptors (Lipinski definition) is 0. The fourth-order valence-corrected chi connectivity index (χ4v) is 5.21. The van der Waals surface area contributed by atoms with E-state index in [2.05, 4.69) is 44.2 Å². The number of hydrogen-bond donors (Lipinski definition) is 0. The maximum Gasteiger partial charge on any atom is -0.0131 e. The predicted octanol–water partition coefficient (Wildman–Crippen LogP) is 7.59. The van der Waals surface area contributed by atoms with Crippen LogP contribution in [0.2, 0.25) is 0 Å². The minimum absolute atomic E-state index is 0.822. The lowest BCUT2D eigenvalue weighted by Gasteiger charge is -2.39. The van der Waals surface area contributed by atoms with Crippen LogP contribution in [0.4, 0.5) is 0 Å². The van der Waals surface area contributed by atoms with Crippen molar-refractivity contribution < 1.29 is 0 Å². The summed E-state index contributed by atoms with van der Waals surface area (Å²) in [6.45, 7) is 4.93. The van der Waals surface area contributed by atoms with Crippen molar-refractivity contribution in [1.29, 1.82) is 0 Å². The zero-order chi connectivity index (χ0) is 16.8. The van der Waals surface area contributed by atoms with Crippen molar-refractivity contribution in [3.63, 3.8) is 0 Å². The van der Waals surface area contributed by atoms with Gasteiger partial charge in [0.05, 0.1) is 0 Å². The van der Waals surface area contributed by atoms with Gasteiger partial charge in [-0.3, -0.25) is 0 Å². The van der Waals surface area contributed by atoms with E-state index in [0.29, 0.717) is 0 Å². The second-order valence-corrected chi connectivity index (χ2v) is 8.83. The Morgan fingerprint density at radius 3 is 2.21 bits per heavy atom. The third-order valence-electron chi connectivity index (χ3n) is 7.31. The Labute approximate surface area is 150 Å². The molecule has 2 fully saturated rings. The summed E-state index contributed by atoms with van der Waals surface area (Å²) in [5.41, 5.74) is 1.62. The van der Waals surface area contributed by atoms with Gasteiger partial charge < -0.3 is 0 Å². The standard InChI is InChI=1S/C24H38/c1-3-19(2)23(17-20-11-6-4-7-12-20)18-24(22-15-10-16-22)21-13-8-5-9-14-21/h5,8-9,13-14,19-20,22-24H,3-4,6-7,10-12,15-18H2,1-2H3. The maximum atomic E-state index is 2.52. The van der Waals surface area contributed by atoms with Crippen LogP contribution >= 0.6 is 0 Å². The Morgan fingerprint density at radius 1 is 0.917 bits per heavy atom. The molecule has 0 aromatic heterocycles. The second kappa shape index (κ2) is 9.07. The fourth-order valence-electron chi connectivity index (χ4n) is 5.21. The molecule has 0 heteroatoms. The van der Waals surface area contributed by atoms with Crippen molar-refractivity contribution >= 4 is 0 Å². The third-order valence-corrected chi connectivity index (χ3v) is 7.31. The van der Waals surface area contributed by atoms with E-state index < -0.39 is 0 Å². The van der Waals surface area contributed by atoms with E-state index in [1.807, 2.05) is 0 Å². The molecular formula is C24H38. The van der Waals surface area contributed by atoms with Gasteiger partial charge in [-0.25, -0.2) is 0 Å². The first-order valence-corrected chi connectivity index (χ1v) is 10.8. The van der Waals surface area contributed by atoms with E-state index in [4.69, 9.17) is 0 Å². The minimum atomic E-state index is 0.822. The summed E-state index contributed by atoms with van der Waals surface area (Å²) in [6.07, 6.45) is 16.2. The van der Waals surface area contributed by atoms with E-state index in [0.717, 1.165) is 29.6 Å². The maximum absolute atomic E-state index is 2.52. The molecule has 0 amide bonds. The summed E-state index contributed by atoms with van der Waals surface area (Å²) in [6, 6.07) is 11.5. The summed E-state index contributed by atoms with van der Waals surface area (Å²) < 4.78 is 0. The molecule has 0 spiro atoms. The topological polar surface area (TPSA) is 0 Å². The van der Waals surface area contributed by atoms with Crippen molar-refractivity contribution in [1.82, 2.24) is 0 Å². The van der Waals surface area contributed by atoms with Crippen LogP contribution < -0.4 is 0 Å². The molecule has 0 saturated heterocycles. The van der Waals surface area contributed by atoms with Crippen LogP contribution in [-0.4, -0.2) is 0 Å². The summed E-state index contributed by atoms with van der Waals surface area (Å²) >= 11 is 0. The van der Waals surface area contributed by atoms with Crippen LogP contribution in [-0.2, 0) is 0 Å². The van der Waals surface area contributed by atoms with E-state index in [9.17, 15) is 0 Å². The quantitative estimate of drug-likeness (QED) is 0.461. The van der Waals surface area contributed by atoms with Gasteiger partial charge in [0.2, 0.25) is 0 Å². The van der Waals surface area contributed by atoms with E-state index in [-0.39, 0.29) is 0 Å². The first kappa shape index (κ1) is 18.0. The van der Waals surface area contributed by atoms with E-state index in [1.165, 1.54) is 70.6 Å². The Morgan fingerprint density at radius 2 is 1.62 bits per heavy atom. The van der Waals surface area contributed by atoms with Crippen LogP contribution in [0.3, 0.4) is 0 Å². The number of benzene rings is 1. The molecule has 2 aliphatic rings. The normalized spacial score (nSPS) is 23.4. The van der Waals surface area contributed by atoms with Gasteiger partial charge in [-0.2, -0.15) is 0 Å². The largest absolute Gasteiger partial charge is 0.0651 e. The smallest absolute Gasteiger partial charge is 0.0131 e. The Hall–Kier alpha value is -0.780. The van der Waals surface area contributed by atoms with E-state index >= 15 is 0 Å². The fraction of sp³-hybridized carbons (Fsp3) is 0.750. The van der Waals surface area contributed by atoms with Crippen molar-refractivity contribution in [2.24, 2.45) is 23.7 Å². The average molecular weight is 327 g/mol. The molecule has 3 atom stereocenters. The lowest BCUT2D eigenvalue weighted by atomic mass is 9.66. The molecule has 0 N–H and O–H groups in total. The van der Waals surface area contributed by atoms with Gasteiger partial charge >= 0.3 is 0 Å². The lowest BCUT2D eigenvalue weighted by molar-refractivity contribution is 0.172. The number of rotatable bonds is 8. The Bertz CT molecular complexity index is 452. The highest BCUT2D eigenvalue weighted by molar-refractivity contribution is 5.21. The first-order valence-electron chi connectivity index (χ1n) is 10.8. The molecule has 2 aliphatic carbocycles. The highest BCUT2D eigenvalue weighted by Crippen LogP contribution is 2.45.